The largest absolute Gasteiger partial charge is 0.491 e. The van der Waals surface area contributed by atoms with E-state index in [1.54, 1.807) is 6.92 Å². The number of carbonyl (C=O) groups excluding carboxylic acids is 1. The number of hydrogen-bond donors (Lipinski definition) is 1. The van der Waals surface area contributed by atoms with E-state index in [0.717, 1.165) is 29.2 Å². The standard InChI is InChI=1S/C28H38O8/c1-4-13-31-19-35-25-17-28(30,27(29)33-6-3)16-24(26(25)36-20-32-14-5-2)34-18-21-11-12-22-9-7-8-10-23(22)15-21/h7-12,15-16,25-26,30H,4-6,13-14,17-20H2,1-3H3/t25-,26-,28+/m1/s1. The minimum absolute atomic E-state index is 0.00889. The summed E-state index contributed by atoms with van der Waals surface area (Å²) >= 11 is 0. The molecule has 8 nitrogen and oxygen atoms in total. The van der Waals surface area contributed by atoms with Gasteiger partial charge in [0.05, 0.1) is 12.7 Å². The van der Waals surface area contributed by atoms with Gasteiger partial charge in [0.15, 0.2) is 5.60 Å². The van der Waals surface area contributed by atoms with Gasteiger partial charge in [-0.05, 0) is 48.2 Å². The topological polar surface area (TPSA) is 92.7 Å². The normalized spacial score (nSPS) is 21.8. The molecule has 0 aromatic heterocycles. The molecule has 198 valence electrons. The lowest BCUT2D eigenvalue weighted by atomic mass is 9.86. The summed E-state index contributed by atoms with van der Waals surface area (Å²) in [7, 11) is 0. The first-order valence-electron chi connectivity index (χ1n) is 12.6. The van der Waals surface area contributed by atoms with E-state index in [1.807, 2.05) is 56.3 Å². The molecule has 1 aliphatic carbocycles. The number of fused-ring (bicyclic) bond motifs is 1. The molecule has 2 aromatic rings. The Morgan fingerprint density at radius 3 is 2.36 bits per heavy atom. The van der Waals surface area contributed by atoms with E-state index in [1.165, 1.54) is 6.08 Å². The predicted molar refractivity (Wildman–Crippen MR) is 135 cm³/mol. The second kappa shape index (κ2) is 14.3. The fourth-order valence-electron chi connectivity index (χ4n) is 3.99. The molecule has 0 heterocycles. The molecule has 1 N–H and O–H groups in total. The minimum Gasteiger partial charge on any atom is -0.491 e. The van der Waals surface area contributed by atoms with Crippen molar-refractivity contribution in [3.63, 3.8) is 0 Å². The van der Waals surface area contributed by atoms with Crippen molar-refractivity contribution in [2.24, 2.45) is 0 Å². The maximum atomic E-state index is 12.7. The van der Waals surface area contributed by atoms with Crippen LogP contribution in [0.25, 0.3) is 10.8 Å². The van der Waals surface area contributed by atoms with Gasteiger partial charge in [-0.3, -0.25) is 0 Å². The minimum atomic E-state index is -1.92. The molecule has 3 atom stereocenters. The van der Waals surface area contributed by atoms with Crippen molar-refractivity contribution < 1.29 is 38.3 Å². The summed E-state index contributed by atoms with van der Waals surface area (Å²) in [6.07, 6.45) is 1.57. The molecule has 0 spiro atoms. The van der Waals surface area contributed by atoms with Crippen LogP contribution in [-0.2, 0) is 39.8 Å². The lowest BCUT2D eigenvalue weighted by Crippen LogP contribution is -2.51. The van der Waals surface area contributed by atoms with Gasteiger partial charge in [-0.15, -0.1) is 0 Å². The van der Waals surface area contributed by atoms with Gasteiger partial charge in [-0.1, -0.05) is 50.2 Å². The van der Waals surface area contributed by atoms with E-state index < -0.39 is 23.8 Å². The van der Waals surface area contributed by atoms with Crippen LogP contribution in [0.4, 0.5) is 0 Å². The predicted octanol–water partition coefficient (Wildman–Crippen LogP) is 4.48. The zero-order valence-corrected chi connectivity index (χ0v) is 21.4. The SMILES string of the molecule is CCCOCO[C@@H]1C(OCc2ccc3ccccc3c2)=C[C@@](O)(C(=O)OCC)C[C@H]1OCOCCC. The molecule has 0 bridgehead atoms. The Kier molecular flexibility index (Phi) is 11.2. The second-order valence-electron chi connectivity index (χ2n) is 8.71. The van der Waals surface area contributed by atoms with Gasteiger partial charge < -0.3 is 33.5 Å². The van der Waals surface area contributed by atoms with Gasteiger partial charge in [0.2, 0.25) is 0 Å². The van der Waals surface area contributed by atoms with Gasteiger partial charge >= 0.3 is 5.97 Å². The van der Waals surface area contributed by atoms with E-state index in [4.69, 9.17) is 28.4 Å². The first-order chi connectivity index (χ1) is 17.5. The average molecular weight is 503 g/mol. The monoisotopic (exact) mass is 502 g/mol. The number of ether oxygens (including phenoxy) is 6. The molecule has 0 amide bonds. The van der Waals surface area contributed by atoms with Gasteiger partial charge in [0.25, 0.3) is 0 Å². The lowest BCUT2D eigenvalue weighted by molar-refractivity contribution is -0.195. The maximum absolute atomic E-state index is 12.7. The Labute approximate surface area is 213 Å². The average Bonchev–Trinajstić information content (AvgIpc) is 2.88. The molecule has 8 heteroatoms. The number of aliphatic hydroxyl groups is 1. The van der Waals surface area contributed by atoms with Crippen LogP contribution in [0.3, 0.4) is 0 Å². The fraction of sp³-hybridized carbons (Fsp3) is 0.536. The molecule has 0 saturated heterocycles. The number of benzene rings is 2. The van der Waals surface area contributed by atoms with Gasteiger partial charge in [0.1, 0.15) is 32.1 Å². The number of esters is 1. The summed E-state index contributed by atoms with van der Waals surface area (Å²) in [5, 5.41) is 13.5. The van der Waals surface area contributed by atoms with Crippen molar-refractivity contribution in [2.45, 2.75) is 64.4 Å². The molecule has 1 aliphatic rings. The van der Waals surface area contributed by atoms with Crippen molar-refractivity contribution in [2.75, 3.05) is 33.4 Å². The number of rotatable bonds is 15. The van der Waals surface area contributed by atoms with Crippen LogP contribution in [0, 0.1) is 0 Å². The summed E-state index contributed by atoms with van der Waals surface area (Å²) in [6.45, 7) is 7.13. The van der Waals surface area contributed by atoms with E-state index in [-0.39, 0.29) is 39.0 Å². The molecule has 0 fully saturated rings. The third-order valence-corrected chi connectivity index (χ3v) is 5.75. The fourth-order valence-corrected chi connectivity index (χ4v) is 3.99. The molecular formula is C28H38O8. The third-order valence-electron chi connectivity index (χ3n) is 5.75. The second-order valence-corrected chi connectivity index (χ2v) is 8.71. The summed E-state index contributed by atoms with van der Waals surface area (Å²) in [4.78, 5) is 12.7. The van der Waals surface area contributed by atoms with Crippen molar-refractivity contribution in [1.29, 1.82) is 0 Å². The summed E-state index contributed by atoms with van der Waals surface area (Å²) in [5.74, 6) is -0.480. The molecule has 2 aromatic carbocycles. The third kappa shape index (κ3) is 7.75. The van der Waals surface area contributed by atoms with Gasteiger partial charge in [-0.2, -0.15) is 0 Å². The first-order valence-corrected chi connectivity index (χ1v) is 12.6. The van der Waals surface area contributed by atoms with E-state index in [9.17, 15) is 9.90 Å². The summed E-state index contributed by atoms with van der Waals surface area (Å²) in [6, 6.07) is 14.1. The Hall–Kier alpha value is -2.49. The van der Waals surface area contributed by atoms with Crippen molar-refractivity contribution in [3.05, 3.63) is 59.9 Å². The zero-order chi connectivity index (χ0) is 25.8. The van der Waals surface area contributed by atoms with Crippen LogP contribution in [0.15, 0.2) is 54.3 Å². The molecular weight excluding hydrogens is 464 g/mol. The van der Waals surface area contributed by atoms with Crippen LogP contribution in [0.2, 0.25) is 0 Å². The highest BCUT2D eigenvalue weighted by atomic mass is 16.7. The van der Waals surface area contributed by atoms with Crippen LogP contribution >= 0.6 is 0 Å². The highest BCUT2D eigenvalue weighted by Gasteiger charge is 2.48. The van der Waals surface area contributed by atoms with Crippen molar-refractivity contribution in [1.82, 2.24) is 0 Å². The molecule has 0 unspecified atom stereocenters. The Morgan fingerprint density at radius 2 is 1.67 bits per heavy atom. The zero-order valence-electron chi connectivity index (χ0n) is 21.4. The molecule has 0 radical (unpaired) electrons. The summed E-state index contributed by atoms with van der Waals surface area (Å²) in [5.41, 5.74) is -0.988. The Morgan fingerprint density at radius 1 is 0.972 bits per heavy atom. The number of hydrogen-bond acceptors (Lipinski definition) is 8. The van der Waals surface area contributed by atoms with Gasteiger partial charge in [0, 0.05) is 19.6 Å². The van der Waals surface area contributed by atoms with Crippen LogP contribution in [0.1, 0.15) is 45.6 Å². The first kappa shape index (κ1) is 28.1. The molecule has 3 rings (SSSR count). The van der Waals surface area contributed by atoms with E-state index in [2.05, 4.69) is 0 Å². The van der Waals surface area contributed by atoms with Crippen molar-refractivity contribution in [3.8, 4) is 0 Å². The smallest absolute Gasteiger partial charge is 0.342 e. The summed E-state index contributed by atoms with van der Waals surface area (Å²) < 4.78 is 34.2. The Balaban J connectivity index is 1.84. The van der Waals surface area contributed by atoms with Crippen LogP contribution in [0.5, 0.6) is 0 Å². The molecule has 36 heavy (non-hydrogen) atoms. The maximum Gasteiger partial charge on any atom is 0.342 e. The Bertz CT molecular complexity index is 990. The molecule has 0 saturated carbocycles. The van der Waals surface area contributed by atoms with E-state index in [0.29, 0.717) is 13.2 Å². The van der Waals surface area contributed by atoms with E-state index >= 15 is 0 Å². The lowest BCUT2D eigenvalue weighted by Gasteiger charge is -2.38. The highest BCUT2D eigenvalue weighted by Crippen LogP contribution is 2.34. The van der Waals surface area contributed by atoms with Gasteiger partial charge in [-0.25, -0.2) is 4.79 Å². The highest BCUT2D eigenvalue weighted by molar-refractivity contribution is 5.83. The molecule has 0 aliphatic heterocycles. The van der Waals surface area contributed by atoms with Crippen LogP contribution in [-0.4, -0.2) is 62.3 Å². The quantitative estimate of drug-likeness (QED) is 0.217. The van der Waals surface area contributed by atoms with Crippen LogP contribution < -0.4 is 0 Å². The number of carbonyl (C=O) groups is 1. The van der Waals surface area contributed by atoms with Crippen molar-refractivity contribution >= 4 is 16.7 Å².